The van der Waals surface area contributed by atoms with Crippen molar-refractivity contribution in [1.29, 1.82) is 0 Å². The highest BCUT2D eigenvalue weighted by Crippen LogP contribution is 2.29. The molecule has 4 rings (SSSR count). The maximum Gasteiger partial charge on any atom is 0.321 e. The smallest absolute Gasteiger partial charge is 0.321 e. The topological polar surface area (TPSA) is 92.1 Å². The predicted molar refractivity (Wildman–Crippen MR) is 129 cm³/mol. The van der Waals surface area contributed by atoms with E-state index in [0.717, 1.165) is 63.1 Å². The SMILES string of the molecule is CC(c1nnc(SCC(=O)NC(=O)NC2CCCCC2)n1-c1ccc(F)cc1)N1CCCCC1. The molecular weight excluding hydrogens is 455 g/mol. The summed E-state index contributed by atoms with van der Waals surface area (Å²) in [7, 11) is 0. The number of nitrogens with zero attached hydrogens (tertiary/aromatic N) is 4. The van der Waals surface area contributed by atoms with Crippen molar-refractivity contribution in [2.75, 3.05) is 18.8 Å². The van der Waals surface area contributed by atoms with Crippen LogP contribution in [0.1, 0.15) is 70.2 Å². The number of rotatable bonds is 7. The molecule has 0 radical (unpaired) electrons. The van der Waals surface area contributed by atoms with Crippen molar-refractivity contribution >= 4 is 23.7 Å². The van der Waals surface area contributed by atoms with Gasteiger partial charge in [-0.05, 0) is 70.0 Å². The van der Waals surface area contributed by atoms with Gasteiger partial charge in [0.1, 0.15) is 5.82 Å². The van der Waals surface area contributed by atoms with Gasteiger partial charge >= 0.3 is 6.03 Å². The van der Waals surface area contributed by atoms with Gasteiger partial charge in [-0.15, -0.1) is 10.2 Å². The summed E-state index contributed by atoms with van der Waals surface area (Å²) in [6, 6.07) is 5.90. The van der Waals surface area contributed by atoms with Gasteiger partial charge in [0.2, 0.25) is 5.91 Å². The summed E-state index contributed by atoms with van der Waals surface area (Å²) in [6.07, 6.45) is 8.85. The summed E-state index contributed by atoms with van der Waals surface area (Å²) in [4.78, 5) is 27.0. The maximum atomic E-state index is 13.6. The molecule has 2 aliphatic rings. The van der Waals surface area contributed by atoms with E-state index in [-0.39, 0.29) is 23.7 Å². The van der Waals surface area contributed by atoms with Crippen molar-refractivity contribution < 1.29 is 14.0 Å². The fourth-order valence-electron chi connectivity index (χ4n) is 4.71. The Bertz CT molecular complexity index is 970. The quantitative estimate of drug-likeness (QED) is 0.568. The predicted octanol–water partition coefficient (Wildman–Crippen LogP) is 4.20. The molecule has 10 heteroatoms. The van der Waals surface area contributed by atoms with Crippen LogP contribution in [0.15, 0.2) is 29.4 Å². The Morgan fingerprint density at radius 2 is 1.74 bits per heavy atom. The van der Waals surface area contributed by atoms with Crippen molar-refractivity contribution in [3.8, 4) is 5.69 Å². The van der Waals surface area contributed by atoms with E-state index in [9.17, 15) is 14.0 Å². The van der Waals surface area contributed by atoms with Crippen molar-refractivity contribution in [3.05, 3.63) is 35.9 Å². The normalized spacial score (nSPS) is 18.4. The van der Waals surface area contributed by atoms with Crippen molar-refractivity contribution in [1.82, 2.24) is 30.3 Å². The number of imide groups is 1. The van der Waals surface area contributed by atoms with E-state index in [1.807, 2.05) is 4.57 Å². The molecule has 184 valence electrons. The number of nitrogens with one attached hydrogen (secondary N) is 2. The summed E-state index contributed by atoms with van der Waals surface area (Å²) in [5.74, 6) is 0.0688. The molecule has 1 saturated heterocycles. The Morgan fingerprint density at radius 3 is 2.44 bits per heavy atom. The number of benzene rings is 1. The van der Waals surface area contributed by atoms with Gasteiger partial charge in [0.05, 0.1) is 11.8 Å². The van der Waals surface area contributed by atoms with E-state index in [1.165, 1.54) is 36.7 Å². The van der Waals surface area contributed by atoms with E-state index in [1.54, 1.807) is 12.1 Å². The van der Waals surface area contributed by atoms with Crippen LogP contribution in [0.2, 0.25) is 0 Å². The average Bonchev–Trinajstić information content (AvgIpc) is 3.28. The number of piperidine rings is 1. The van der Waals surface area contributed by atoms with Crippen LogP contribution in [-0.4, -0.2) is 56.5 Å². The van der Waals surface area contributed by atoms with Crippen molar-refractivity contribution in [2.45, 2.75) is 75.5 Å². The Morgan fingerprint density at radius 1 is 1.06 bits per heavy atom. The number of carbonyl (C=O) groups is 2. The van der Waals surface area contributed by atoms with E-state index in [4.69, 9.17) is 0 Å². The molecule has 1 aliphatic carbocycles. The fraction of sp³-hybridized carbons (Fsp3) is 0.583. The number of thioether (sulfide) groups is 1. The van der Waals surface area contributed by atoms with Crippen LogP contribution >= 0.6 is 11.8 Å². The lowest BCUT2D eigenvalue weighted by atomic mass is 9.96. The number of urea groups is 1. The largest absolute Gasteiger partial charge is 0.335 e. The molecule has 2 fully saturated rings. The first-order valence-corrected chi connectivity index (χ1v) is 13.2. The Labute approximate surface area is 204 Å². The number of hydrogen-bond acceptors (Lipinski definition) is 6. The first-order chi connectivity index (χ1) is 16.5. The summed E-state index contributed by atoms with van der Waals surface area (Å²) < 4.78 is 15.5. The molecule has 1 atom stereocenters. The monoisotopic (exact) mass is 488 g/mol. The zero-order chi connectivity index (χ0) is 23.9. The minimum atomic E-state index is -0.447. The van der Waals surface area contributed by atoms with Crippen LogP contribution < -0.4 is 10.6 Å². The molecular formula is C24H33FN6O2S. The Kier molecular flexibility index (Phi) is 8.55. The third kappa shape index (κ3) is 6.35. The maximum absolute atomic E-state index is 13.6. The van der Waals surface area contributed by atoms with E-state index in [2.05, 4.69) is 32.7 Å². The fourth-order valence-corrected chi connectivity index (χ4v) is 5.47. The molecule has 0 bridgehead atoms. The third-order valence-electron chi connectivity index (χ3n) is 6.58. The van der Waals surface area contributed by atoms with Gasteiger partial charge in [0.15, 0.2) is 11.0 Å². The number of likely N-dealkylation sites (tertiary alicyclic amines) is 1. The summed E-state index contributed by atoms with van der Waals surface area (Å²) >= 11 is 1.21. The summed E-state index contributed by atoms with van der Waals surface area (Å²) in [6.45, 7) is 4.10. The number of carbonyl (C=O) groups excluding carboxylic acids is 2. The molecule has 8 nitrogen and oxygen atoms in total. The van der Waals surface area contributed by atoms with E-state index >= 15 is 0 Å². The van der Waals surface area contributed by atoms with Crippen molar-refractivity contribution in [2.24, 2.45) is 0 Å². The zero-order valence-electron chi connectivity index (χ0n) is 19.6. The van der Waals surface area contributed by atoms with Crippen LogP contribution in [0.3, 0.4) is 0 Å². The second-order valence-electron chi connectivity index (χ2n) is 9.07. The first kappa shape index (κ1) is 24.7. The standard InChI is InChI=1S/C24H33FN6O2S/c1-17(30-14-6-3-7-15-30)22-28-29-24(31(22)20-12-10-18(25)11-13-20)34-16-21(32)27-23(33)26-19-8-4-2-5-9-19/h10-13,17,19H,2-9,14-16H2,1H3,(H2,26,27,32,33). The molecule has 34 heavy (non-hydrogen) atoms. The van der Waals surface area contributed by atoms with Gasteiger partial charge in [0.25, 0.3) is 0 Å². The summed E-state index contributed by atoms with van der Waals surface area (Å²) in [5.41, 5.74) is 0.739. The molecule has 1 unspecified atom stereocenters. The number of hydrogen-bond donors (Lipinski definition) is 2. The second kappa shape index (κ2) is 11.8. The molecule has 1 aromatic heterocycles. The van der Waals surface area contributed by atoms with E-state index in [0.29, 0.717) is 5.16 Å². The molecule has 1 saturated carbocycles. The Hall–Kier alpha value is -2.46. The number of amides is 3. The minimum absolute atomic E-state index is 0.0233. The third-order valence-corrected chi connectivity index (χ3v) is 7.51. The van der Waals surface area contributed by atoms with Gasteiger partial charge in [-0.3, -0.25) is 19.6 Å². The highest BCUT2D eigenvalue weighted by atomic mass is 32.2. The zero-order valence-corrected chi connectivity index (χ0v) is 20.5. The number of halogens is 1. The molecule has 2 heterocycles. The van der Waals surface area contributed by atoms with E-state index < -0.39 is 11.9 Å². The van der Waals surface area contributed by atoms with Gasteiger partial charge < -0.3 is 5.32 Å². The minimum Gasteiger partial charge on any atom is -0.335 e. The summed E-state index contributed by atoms with van der Waals surface area (Å²) in [5, 5.41) is 14.6. The highest BCUT2D eigenvalue weighted by Gasteiger charge is 2.26. The molecule has 1 aromatic carbocycles. The molecule has 2 N–H and O–H groups in total. The van der Waals surface area contributed by atoms with Gasteiger partial charge in [-0.1, -0.05) is 37.4 Å². The molecule has 2 aromatic rings. The lowest BCUT2D eigenvalue weighted by molar-refractivity contribution is -0.117. The highest BCUT2D eigenvalue weighted by molar-refractivity contribution is 7.99. The lowest BCUT2D eigenvalue weighted by Gasteiger charge is -2.31. The molecule has 1 aliphatic heterocycles. The lowest BCUT2D eigenvalue weighted by Crippen LogP contribution is -2.45. The number of aromatic nitrogens is 3. The van der Waals surface area contributed by atoms with Gasteiger partial charge in [-0.2, -0.15) is 0 Å². The first-order valence-electron chi connectivity index (χ1n) is 12.2. The molecule has 3 amide bonds. The van der Waals surface area contributed by atoms with Gasteiger partial charge in [-0.25, -0.2) is 9.18 Å². The van der Waals surface area contributed by atoms with Crippen LogP contribution in [-0.2, 0) is 4.79 Å². The van der Waals surface area contributed by atoms with Crippen LogP contribution in [0.25, 0.3) is 5.69 Å². The average molecular weight is 489 g/mol. The van der Waals surface area contributed by atoms with Crippen LogP contribution in [0.4, 0.5) is 9.18 Å². The van der Waals surface area contributed by atoms with Crippen LogP contribution in [0, 0.1) is 5.82 Å². The van der Waals surface area contributed by atoms with Crippen LogP contribution in [0.5, 0.6) is 0 Å². The van der Waals surface area contributed by atoms with Gasteiger partial charge in [0, 0.05) is 11.7 Å². The molecule has 0 spiro atoms. The Balaban J connectivity index is 1.44. The second-order valence-corrected chi connectivity index (χ2v) is 10.0. The van der Waals surface area contributed by atoms with Crippen molar-refractivity contribution in [3.63, 3.8) is 0 Å².